The third kappa shape index (κ3) is 1.92. The molecule has 1 N–H and O–H groups in total. The molecule has 3 heteroatoms. The SMILES string of the molecule is CNc1ccc(I)cc1C=O. The Morgan fingerprint density at radius 3 is 2.82 bits per heavy atom. The first-order valence-corrected chi connectivity index (χ1v) is 4.28. The Bertz CT molecular complexity index is 273. The van der Waals surface area contributed by atoms with E-state index < -0.39 is 0 Å². The summed E-state index contributed by atoms with van der Waals surface area (Å²) >= 11 is 2.18. The predicted octanol–water partition coefficient (Wildman–Crippen LogP) is 2.15. The molecule has 0 heterocycles. The average Bonchev–Trinajstić information content (AvgIpc) is 2.04. The van der Waals surface area contributed by atoms with Crippen molar-refractivity contribution in [2.75, 3.05) is 12.4 Å². The number of carbonyl (C=O) groups is 1. The maximum atomic E-state index is 10.5. The van der Waals surface area contributed by atoms with E-state index in [-0.39, 0.29) is 0 Å². The Kier molecular flexibility index (Phi) is 2.87. The zero-order valence-electron chi connectivity index (χ0n) is 6.10. The Morgan fingerprint density at radius 1 is 1.55 bits per heavy atom. The number of benzene rings is 1. The summed E-state index contributed by atoms with van der Waals surface area (Å²) in [5.74, 6) is 0. The summed E-state index contributed by atoms with van der Waals surface area (Å²) in [7, 11) is 1.80. The molecule has 0 saturated heterocycles. The Morgan fingerprint density at radius 2 is 2.27 bits per heavy atom. The van der Waals surface area contributed by atoms with Gasteiger partial charge in [-0.25, -0.2) is 0 Å². The molecular formula is C8H8INO. The number of carbonyl (C=O) groups excluding carboxylic acids is 1. The van der Waals surface area contributed by atoms with Crippen molar-refractivity contribution in [2.45, 2.75) is 0 Å². The highest BCUT2D eigenvalue weighted by Crippen LogP contribution is 2.15. The van der Waals surface area contributed by atoms with E-state index in [0.29, 0.717) is 5.56 Å². The molecule has 0 atom stereocenters. The minimum Gasteiger partial charge on any atom is -0.388 e. The van der Waals surface area contributed by atoms with Gasteiger partial charge in [-0.1, -0.05) is 0 Å². The molecule has 0 radical (unpaired) electrons. The largest absolute Gasteiger partial charge is 0.388 e. The van der Waals surface area contributed by atoms with Gasteiger partial charge in [-0.2, -0.15) is 0 Å². The van der Waals surface area contributed by atoms with Crippen molar-refractivity contribution in [3.05, 3.63) is 27.3 Å². The van der Waals surface area contributed by atoms with Crippen LogP contribution in [0.5, 0.6) is 0 Å². The summed E-state index contributed by atoms with van der Waals surface area (Å²) < 4.78 is 1.07. The molecule has 0 saturated carbocycles. The fourth-order valence-electron chi connectivity index (χ4n) is 0.859. The molecule has 0 aliphatic heterocycles. The Hall–Kier alpha value is -0.580. The van der Waals surface area contributed by atoms with Crippen molar-refractivity contribution in [3.63, 3.8) is 0 Å². The zero-order valence-corrected chi connectivity index (χ0v) is 8.25. The van der Waals surface area contributed by atoms with Crippen molar-refractivity contribution in [1.29, 1.82) is 0 Å². The number of aldehydes is 1. The molecule has 0 aromatic heterocycles. The van der Waals surface area contributed by atoms with Crippen molar-refractivity contribution in [3.8, 4) is 0 Å². The van der Waals surface area contributed by atoms with Crippen LogP contribution in [0.25, 0.3) is 0 Å². The number of rotatable bonds is 2. The first kappa shape index (κ1) is 8.52. The predicted molar refractivity (Wildman–Crippen MR) is 54.1 cm³/mol. The fourth-order valence-corrected chi connectivity index (χ4v) is 1.37. The van der Waals surface area contributed by atoms with E-state index in [1.54, 1.807) is 7.05 Å². The summed E-state index contributed by atoms with van der Waals surface area (Å²) in [5, 5.41) is 2.94. The maximum Gasteiger partial charge on any atom is 0.152 e. The molecule has 0 unspecified atom stereocenters. The summed E-state index contributed by atoms with van der Waals surface area (Å²) in [6, 6.07) is 5.70. The first-order chi connectivity index (χ1) is 5.27. The molecule has 1 rings (SSSR count). The quantitative estimate of drug-likeness (QED) is 0.652. The van der Waals surface area contributed by atoms with Crippen LogP contribution in [0.4, 0.5) is 5.69 Å². The van der Waals surface area contributed by atoms with Gasteiger partial charge in [-0.15, -0.1) is 0 Å². The van der Waals surface area contributed by atoms with Crippen molar-refractivity contribution in [2.24, 2.45) is 0 Å². The number of anilines is 1. The second kappa shape index (κ2) is 3.71. The van der Waals surface area contributed by atoms with Crippen LogP contribution in [-0.2, 0) is 0 Å². The van der Waals surface area contributed by atoms with E-state index in [1.165, 1.54) is 0 Å². The van der Waals surface area contributed by atoms with Crippen LogP contribution in [-0.4, -0.2) is 13.3 Å². The summed E-state index contributed by atoms with van der Waals surface area (Å²) in [4.78, 5) is 10.5. The van der Waals surface area contributed by atoms with Crippen LogP contribution in [0.15, 0.2) is 18.2 Å². The van der Waals surface area contributed by atoms with Gasteiger partial charge in [0, 0.05) is 21.9 Å². The maximum absolute atomic E-state index is 10.5. The molecule has 58 valence electrons. The van der Waals surface area contributed by atoms with Crippen LogP contribution in [0, 0.1) is 3.57 Å². The summed E-state index contributed by atoms with van der Waals surface area (Å²) in [6.07, 6.45) is 0.855. The topological polar surface area (TPSA) is 29.1 Å². The third-order valence-electron chi connectivity index (χ3n) is 1.41. The molecule has 1 aromatic carbocycles. The molecule has 0 aliphatic carbocycles. The molecular weight excluding hydrogens is 253 g/mol. The van der Waals surface area contributed by atoms with Gasteiger partial charge < -0.3 is 5.32 Å². The minimum absolute atomic E-state index is 0.708. The molecule has 0 aliphatic rings. The molecule has 2 nitrogen and oxygen atoms in total. The molecule has 11 heavy (non-hydrogen) atoms. The second-order valence-corrected chi connectivity index (χ2v) is 3.35. The Balaban J connectivity index is 3.16. The van der Waals surface area contributed by atoms with E-state index in [0.717, 1.165) is 15.5 Å². The van der Waals surface area contributed by atoms with Crippen molar-refractivity contribution >= 4 is 34.6 Å². The van der Waals surface area contributed by atoms with E-state index in [9.17, 15) is 4.79 Å². The summed E-state index contributed by atoms with van der Waals surface area (Å²) in [6.45, 7) is 0. The van der Waals surface area contributed by atoms with E-state index in [4.69, 9.17) is 0 Å². The van der Waals surface area contributed by atoms with Crippen LogP contribution in [0.2, 0.25) is 0 Å². The lowest BCUT2D eigenvalue weighted by Gasteiger charge is -2.02. The third-order valence-corrected chi connectivity index (χ3v) is 2.08. The smallest absolute Gasteiger partial charge is 0.152 e. The molecule has 0 amide bonds. The average molecular weight is 261 g/mol. The molecule has 0 fully saturated rings. The van der Waals surface area contributed by atoms with E-state index in [2.05, 4.69) is 27.9 Å². The van der Waals surface area contributed by atoms with Crippen molar-refractivity contribution in [1.82, 2.24) is 0 Å². The second-order valence-electron chi connectivity index (χ2n) is 2.10. The minimum atomic E-state index is 0.708. The Labute approximate surface area is 79.1 Å². The summed E-state index contributed by atoms with van der Waals surface area (Å²) in [5.41, 5.74) is 1.58. The number of halogens is 1. The van der Waals surface area contributed by atoms with Crippen LogP contribution in [0.1, 0.15) is 10.4 Å². The molecule has 0 spiro atoms. The lowest BCUT2D eigenvalue weighted by molar-refractivity contribution is 0.112. The highest BCUT2D eigenvalue weighted by Gasteiger charge is 1.98. The number of nitrogens with one attached hydrogen (secondary N) is 1. The lowest BCUT2D eigenvalue weighted by atomic mass is 10.2. The van der Waals surface area contributed by atoms with Gasteiger partial charge in [0.2, 0.25) is 0 Å². The highest BCUT2D eigenvalue weighted by molar-refractivity contribution is 14.1. The highest BCUT2D eigenvalue weighted by atomic mass is 127. The van der Waals surface area contributed by atoms with E-state index in [1.807, 2.05) is 18.2 Å². The van der Waals surface area contributed by atoms with Gasteiger partial charge in [-0.3, -0.25) is 4.79 Å². The van der Waals surface area contributed by atoms with Crippen molar-refractivity contribution < 1.29 is 4.79 Å². The van der Waals surface area contributed by atoms with Gasteiger partial charge in [0.05, 0.1) is 0 Å². The van der Waals surface area contributed by atoms with Crippen LogP contribution >= 0.6 is 22.6 Å². The van der Waals surface area contributed by atoms with Crippen LogP contribution in [0.3, 0.4) is 0 Å². The standard InChI is InChI=1S/C8H8INO/c1-10-8-3-2-7(9)4-6(8)5-11/h2-5,10H,1H3. The number of hydrogen-bond donors (Lipinski definition) is 1. The van der Waals surface area contributed by atoms with Gasteiger partial charge in [0.1, 0.15) is 0 Å². The first-order valence-electron chi connectivity index (χ1n) is 3.20. The molecule has 1 aromatic rings. The van der Waals surface area contributed by atoms with E-state index >= 15 is 0 Å². The van der Waals surface area contributed by atoms with Gasteiger partial charge in [0.25, 0.3) is 0 Å². The zero-order chi connectivity index (χ0) is 8.27. The van der Waals surface area contributed by atoms with Gasteiger partial charge in [0.15, 0.2) is 6.29 Å². The fraction of sp³-hybridized carbons (Fsp3) is 0.125. The normalized spacial score (nSPS) is 9.27. The van der Waals surface area contributed by atoms with Gasteiger partial charge >= 0.3 is 0 Å². The van der Waals surface area contributed by atoms with Crippen LogP contribution < -0.4 is 5.32 Å². The molecule has 0 bridgehead atoms. The van der Waals surface area contributed by atoms with Gasteiger partial charge in [-0.05, 0) is 40.8 Å². The number of hydrogen-bond acceptors (Lipinski definition) is 2. The lowest BCUT2D eigenvalue weighted by Crippen LogP contribution is -1.94. The monoisotopic (exact) mass is 261 g/mol.